The molecule has 0 fully saturated rings. The molecule has 0 saturated carbocycles. The van der Waals surface area contributed by atoms with Gasteiger partial charge in [0.1, 0.15) is 6.54 Å². The average Bonchev–Trinajstić information content (AvgIpc) is 2.99. The van der Waals surface area contributed by atoms with Crippen molar-refractivity contribution in [2.75, 3.05) is 6.54 Å². The number of tetrazole rings is 1. The fourth-order valence-corrected chi connectivity index (χ4v) is 2.05. The van der Waals surface area contributed by atoms with E-state index in [4.69, 9.17) is 0 Å². The lowest BCUT2D eigenvalue weighted by Gasteiger charge is -2.06. The summed E-state index contributed by atoms with van der Waals surface area (Å²) in [5.74, 6) is -0.223. The first-order valence-electron chi connectivity index (χ1n) is 7.62. The highest BCUT2D eigenvalue weighted by Crippen LogP contribution is 2.31. The minimum absolute atomic E-state index is 0.0416. The van der Waals surface area contributed by atoms with E-state index >= 15 is 0 Å². The second kappa shape index (κ2) is 7.89. The summed E-state index contributed by atoms with van der Waals surface area (Å²) >= 11 is 0. The number of hydrogen-bond acceptors (Lipinski definition) is 4. The minimum Gasteiger partial charge on any atom is -0.354 e. The number of benzene rings is 1. The number of rotatable bonds is 7. The quantitative estimate of drug-likeness (QED) is 0.786. The zero-order valence-electron chi connectivity index (χ0n) is 13.2. The second-order valence-corrected chi connectivity index (χ2v) is 5.28. The third-order valence-electron chi connectivity index (χ3n) is 3.29. The van der Waals surface area contributed by atoms with Gasteiger partial charge in [-0.25, -0.2) is 0 Å². The van der Waals surface area contributed by atoms with Gasteiger partial charge < -0.3 is 5.32 Å². The lowest BCUT2D eigenvalue weighted by atomic mass is 10.1. The topological polar surface area (TPSA) is 72.7 Å². The first kappa shape index (κ1) is 17.9. The summed E-state index contributed by atoms with van der Waals surface area (Å²) in [6.07, 6.45) is -1.46. The Morgan fingerprint density at radius 3 is 2.79 bits per heavy atom. The van der Waals surface area contributed by atoms with E-state index in [1.54, 1.807) is 0 Å². The molecule has 1 N–H and O–H groups in total. The van der Waals surface area contributed by atoms with Crippen molar-refractivity contribution in [1.29, 1.82) is 0 Å². The molecule has 6 nitrogen and oxygen atoms in total. The molecule has 2 rings (SSSR count). The van der Waals surface area contributed by atoms with Crippen molar-refractivity contribution >= 4 is 5.91 Å². The van der Waals surface area contributed by atoms with Crippen LogP contribution in [0.2, 0.25) is 0 Å². The molecular weight excluding hydrogens is 323 g/mol. The molecule has 0 unspecified atom stereocenters. The third kappa shape index (κ3) is 5.04. The Balaban J connectivity index is 1.99. The molecule has 9 heteroatoms. The van der Waals surface area contributed by atoms with Gasteiger partial charge in [0.05, 0.1) is 5.56 Å². The van der Waals surface area contributed by atoms with Crippen LogP contribution in [0.3, 0.4) is 0 Å². The van der Waals surface area contributed by atoms with Gasteiger partial charge in [0, 0.05) is 12.1 Å². The monoisotopic (exact) mass is 341 g/mol. The van der Waals surface area contributed by atoms with Crippen molar-refractivity contribution in [2.45, 2.75) is 38.9 Å². The maximum absolute atomic E-state index is 12.7. The Kier molecular flexibility index (Phi) is 5.88. The summed E-state index contributed by atoms with van der Waals surface area (Å²) < 4.78 is 38.2. The number of nitrogens with one attached hydrogen (secondary N) is 1. The Hall–Kier alpha value is -2.45. The number of halogens is 3. The van der Waals surface area contributed by atoms with E-state index in [2.05, 4.69) is 27.7 Å². The third-order valence-corrected chi connectivity index (χ3v) is 3.29. The normalized spacial score (nSPS) is 11.5. The van der Waals surface area contributed by atoms with Gasteiger partial charge in [-0.2, -0.15) is 18.0 Å². The van der Waals surface area contributed by atoms with Crippen molar-refractivity contribution in [3.8, 4) is 11.4 Å². The Morgan fingerprint density at radius 2 is 2.08 bits per heavy atom. The van der Waals surface area contributed by atoms with E-state index in [1.807, 2.05) is 0 Å². The number of hydrogen-bond donors (Lipinski definition) is 1. The van der Waals surface area contributed by atoms with Crippen molar-refractivity contribution in [2.24, 2.45) is 0 Å². The molecule has 0 aliphatic carbocycles. The maximum Gasteiger partial charge on any atom is 0.416 e. The molecule has 1 aromatic heterocycles. The molecule has 0 atom stereocenters. The van der Waals surface area contributed by atoms with Crippen LogP contribution in [0.15, 0.2) is 24.3 Å². The van der Waals surface area contributed by atoms with Crippen LogP contribution in [0.1, 0.15) is 31.7 Å². The summed E-state index contributed by atoms with van der Waals surface area (Å²) in [6.45, 7) is 2.51. The van der Waals surface area contributed by atoms with Gasteiger partial charge in [0.25, 0.3) is 0 Å². The van der Waals surface area contributed by atoms with Crippen molar-refractivity contribution in [1.82, 2.24) is 25.5 Å². The summed E-state index contributed by atoms with van der Waals surface area (Å²) in [7, 11) is 0. The SMILES string of the molecule is CCCCCNC(=O)Cn1nnc(-c2cccc(C(F)(F)F)c2)n1. The lowest BCUT2D eigenvalue weighted by Crippen LogP contribution is -2.29. The van der Waals surface area contributed by atoms with Gasteiger partial charge in [-0.3, -0.25) is 4.79 Å². The van der Waals surface area contributed by atoms with E-state index in [0.717, 1.165) is 36.2 Å². The van der Waals surface area contributed by atoms with E-state index in [1.165, 1.54) is 12.1 Å². The van der Waals surface area contributed by atoms with Gasteiger partial charge in [-0.05, 0) is 23.8 Å². The summed E-state index contributed by atoms with van der Waals surface area (Å²) in [5, 5.41) is 14.1. The number of alkyl halides is 3. The van der Waals surface area contributed by atoms with Gasteiger partial charge in [-0.15, -0.1) is 10.2 Å². The average molecular weight is 341 g/mol. The highest BCUT2D eigenvalue weighted by Gasteiger charge is 2.30. The molecule has 0 saturated heterocycles. The molecule has 0 aliphatic heterocycles. The first-order chi connectivity index (χ1) is 11.4. The number of unbranched alkanes of at least 4 members (excludes halogenated alkanes) is 2. The summed E-state index contributed by atoms with van der Waals surface area (Å²) in [4.78, 5) is 12.8. The molecule has 0 radical (unpaired) electrons. The minimum atomic E-state index is -4.44. The van der Waals surface area contributed by atoms with Crippen molar-refractivity contribution in [3.63, 3.8) is 0 Å². The highest BCUT2D eigenvalue weighted by molar-refractivity contribution is 5.75. The highest BCUT2D eigenvalue weighted by atomic mass is 19.4. The van der Waals surface area contributed by atoms with Crippen LogP contribution in [-0.4, -0.2) is 32.7 Å². The standard InChI is InChI=1S/C15H18F3N5O/c1-2-3-4-8-19-13(24)10-23-21-14(20-22-23)11-6-5-7-12(9-11)15(16,17)18/h5-7,9H,2-4,8,10H2,1H3,(H,19,24). The molecule has 0 spiro atoms. The Labute approximate surface area is 137 Å². The van der Waals surface area contributed by atoms with Crippen LogP contribution >= 0.6 is 0 Å². The maximum atomic E-state index is 12.7. The fraction of sp³-hybridized carbons (Fsp3) is 0.467. The van der Waals surface area contributed by atoms with E-state index in [-0.39, 0.29) is 23.8 Å². The number of carbonyl (C=O) groups excluding carboxylic acids is 1. The van der Waals surface area contributed by atoms with E-state index in [0.29, 0.717) is 6.54 Å². The van der Waals surface area contributed by atoms with Gasteiger partial charge >= 0.3 is 6.18 Å². The van der Waals surface area contributed by atoms with E-state index < -0.39 is 11.7 Å². The fourth-order valence-electron chi connectivity index (χ4n) is 2.05. The molecule has 1 heterocycles. The Bertz CT molecular complexity index is 684. The molecule has 24 heavy (non-hydrogen) atoms. The van der Waals surface area contributed by atoms with Crippen LogP contribution in [0.4, 0.5) is 13.2 Å². The molecule has 1 aromatic carbocycles. The smallest absolute Gasteiger partial charge is 0.354 e. The van der Waals surface area contributed by atoms with Crippen LogP contribution in [-0.2, 0) is 17.5 Å². The van der Waals surface area contributed by atoms with Crippen LogP contribution in [0.5, 0.6) is 0 Å². The molecular formula is C15H18F3N5O. The van der Waals surface area contributed by atoms with Crippen molar-refractivity contribution in [3.05, 3.63) is 29.8 Å². The number of carbonyl (C=O) groups is 1. The van der Waals surface area contributed by atoms with Crippen LogP contribution < -0.4 is 5.32 Å². The first-order valence-corrected chi connectivity index (χ1v) is 7.62. The predicted octanol–water partition coefficient (Wildman–Crippen LogP) is 2.67. The summed E-state index contributed by atoms with van der Waals surface area (Å²) in [6, 6.07) is 4.66. The van der Waals surface area contributed by atoms with Crippen LogP contribution in [0.25, 0.3) is 11.4 Å². The van der Waals surface area contributed by atoms with Crippen LogP contribution in [0, 0.1) is 0 Å². The lowest BCUT2D eigenvalue weighted by molar-refractivity contribution is -0.137. The van der Waals surface area contributed by atoms with Gasteiger partial charge in [0.15, 0.2) is 0 Å². The molecule has 130 valence electrons. The largest absolute Gasteiger partial charge is 0.416 e. The number of nitrogens with zero attached hydrogens (tertiary/aromatic N) is 4. The van der Waals surface area contributed by atoms with Crippen molar-refractivity contribution < 1.29 is 18.0 Å². The number of amides is 1. The molecule has 2 aromatic rings. The second-order valence-electron chi connectivity index (χ2n) is 5.28. The van der Waals surface area contributed by atoms with Gasteiger partial charge in [0.2, 0.25) is 11.7 Å². The number of aromatic nitrogens is 4. The molecule has 0 aliphatic rings. The zero-order chi connectivity index (χ0) is 17.6. The van der Waals surface area contributed by atoms with Gasteiger partial charge in [-0.1, -0.05) is 31.9 Å². The molecule has 0 bridgehead atoms. The zero-order valence-corrected chi connectivity index (χ0v) is 13.2. The predicted molar refractivity (Wildman–Crippen MR) is 80.8 cm³/mol. The molecule has 1 amide bonds. The van der Waals surface area contributed by atoms with E-state index in [9.17, 15) is 18.0 Å². The summed E-state index contributed by atoms with van der Waals surface area (Å²) in [5.41, 5.74) is -0.593. The Morgan fingerprint density at radius 1 is 1.29 bits per heavy atom.